The van der Waals surface area contributed by atoms with Gasteiger partial charge in [-0.15, -0.1) is 6.58 Å². The molecule has 7 nitrogen and oxygen atoms in total. The summed E-state index contributed by atoms with van der Waals surface area (Å²) in [6, 6.07) is 3.65. The zero-order chi connectivity index (χ0) is 15.2. The molecule has 112 valence electrons. The molecule has 1 aromatic carbocycles. The lowest BCUT2D eigenvalue weighted by Crippen LogP contribution is -2.08. The number of hydrogen-bond donors (Lipinski definition) is 1. The van der Waals surface area contributed by atoms with Crippen LogP contribution < -0.4 is 14.8 Å². The zero-order valence-corrected chi connectivity index (χ0v) is 12.6. The first-order valence-electron chi connectivity index (χ1n) is 6.21. The second kappa shape index (κ2) is 6.94. The fourth-order valence-electron chi connectivity index (χ4n) is 1.83. The summed E-state index contributed by atoms with van der Waals surface area (Å²) in [6.07, 6.45) is 1.72. The normalized spacial score (nSPS) is 10.2. The summed E-state index contributed by atoms with van der Waals surface area (Å²) < 4.78 is 12.1. The highest BCUT2D eigenvalue weighted by Crippen LogP contribution is 2.36. The molecule has 0 fully saturated rings. The number of nitrogens with zero attached hydrogens (tertiary/aromatic N) is 4. The van der Waals surface area contributed by atoms with Gasteiger partial charge in [0.1, 0.15) is 0 Å². The van der Waals surface area contributed by atoms with E-state index < -0.39 is 0 Å². The number of nitrogens with one attached hydrogen (secondary N) is 1. The van der Waals surface area contributed by atoms with Crippen molar-refractivity contribution >= 4 is 17.5 Å². The van der Waals surface area contributed by atoms with Crippen LogP contribution in [-0.4, -0.2) is 34.4 Å². The lowest BCUT2D eigenvalue weighted by Gasteiger charge is -2.12. The van der Waals surface area contributed by atoms with Crippen LogP contribution in [0.15, 0.2) is 24.8 Å². The van der Waals surface area contributed by atoms with Crippen LogP contribution in [0.25, 0.3) is 0 Å². The molecule has 8 heteroatoms. The molecule has 21 heavy (non-hydrogen) atoms. The summed E-state index contributed by atoms with van der Waals surface area (Å²) in [5.41, 5.74) is 0.922. The largest absolute Gasteiger partial charge is 0.493 e. The highest BCUT2D eigenvalue weighted by atomic mass is 35.5. The minimum Gasteiger partial charge on any atom is -0.493 e. The van der Waals surface area contributed by atoms with Gasteiger partial charge in [-0.05, 0) is 28.1 Å². The molecule has 0 bridgehead atoms. The van der Waals surface area contributed by atoms with Gasteiger partial charge < -0.3 is 14.8 Å². The van der Waals surface area contributed by atoms with Crippen molar-refractivity contribution in [3.05, 3.63) is 35.4 Å². The lowest BCUT2D eigenvalue weighted by atomic mass is 10.2. The Hall–Kier alpha value is -2.28. The Balaban J connectivity index is 2.14. The highest BCUT2D eigenvalue weighted by Gasteiger charge is 2.11. The van der Waals surface area contributed by atoms with Crippen molar-refractivity contribution in [1.82, 2.24) is 20.2 Å². The first-order valence-corrected chi connectivity index (χ1v) is 6.58. The number of methoxy groups -OCH3 is 2. The zero-order valence-electron chi connectivity index (χ0n) is 11.8. The standard InChI is InChI=1S/C13H16ClN5O2/c1-4-5-19-13(16-17-18-19)15-8-9-6-10(14)12(21-3)11(7-9)20-2/h4,6-7H,1,5,8H2,2-3H3,(H,15,16,18). The van der Waals surface area contributed by atoms with Gasteiger partial charge in [-0.25, -0.2) is 4.68 Å². The summed E-state index contributed by atoms with van der Waals surface area (Å²) in [5, 5.41) is 15.0. The van der Waals surface area contributed by atoms with E-state index in [9.17, 15) is 0 Å². The van der Waals surface area contributed by atoms with Crippen molar-refractivity contribution in [2.45, 2.75) is 13.1 Å². The van der Waals surface area contributed by atoms with E-state index in [-0.39, 0.29) is 0 Å². The summed E-state index contributed by atoms with van der Waals surface area (Å²) >= 11 is 6.16. The van der Waals surface area contributed by atoms with Gasteiger partial charge in [0, 0.05) is 6.54 Å². The highest BCUT2D eigenvalue weighted by molar-refractivity contribution is 6.32. The Kier molecular flexibility index (Phi) is 4.99. The van der Waals surface area contributed by atoms with E-state index in [1.54, 1.807) is 31.0 Å². The van der Waals surface area contributed by atoms with E-state index in [2.05, 4.69) is 27.4 Å². The quantitative estimate of drug-likeness (QED) is 0.790. The van der Waals surface area contributed by atoms with Crippen molar-refractivity contribution in [2.24, 2.45) is 0 Å². The van der Waals surface area contributed by atoms with Crippen molar-refractivity contribution in [3.63, 3.8) is 0 Å². The maximum absolute atomic E-state index is 6.16. The molecular weight excluding hydrogens is 294 g/mol. The van der Waals surface area contributed by atoms with Crippen molar-refractivity contribution in [2.75, 3.05) is 19.5 Å². The van der Waals surface area contributed by atoms with Gasteiger partial charge in [0.2, 0.25) is 5.95 Å². The molecule has 0 aliphatic rings. The Morgan fingerprint density at radius 2 is 2.19 bits per heavy atom. The Morgan fingerprint density at radius 1 is 1.38 bits per heavy atom. The number of hydrogen-bond acceptors (Lipinski definition) is 6. The summed E-state index contributed by atoms with van der Waals surface area (Å²) in [4.78, 5) is 0. The van der Waals surface area contributed by atoms with Crippen LogP contribution in [0.4, 0.5) is 5.95 Å². The van der Waals surface area contributed by atoms with Gasteiger partial charge in [-0.3, -0.25) is 0 Å². The van der Waals surface area contributed by atoms with E-state index in [1.807, 2.05) is 6.07 Å². The predicted octanol–water partition coefficient (Wildman–Crippen LogP) is 2.14. The third-order valence-electron chi connectivity index (χ3n) is 2.78. The second-order valence-electron chi connectivity index (χ2n) is 4.14. The third kappa shape index (κ3) is 3.43. The maximum atomic E-state index is 6.16. The summed E-state index contributed by atoms with van der Waals surface area (Å²) in [6.45, 7) is 4.68. The molecule has 0 radical (unpaired) electrons. The van der Waals surface area contributed by atoms with Crippen LogP contribution in [-0.2, 0) is 13.1 Å². The van der Waals surface area contributed by atoms with Crippen LogP contribution in [0.5, 0.6) is 11.5 Å². The fourth-order valence-corrected chi connectivity index (χ4v) is 2.14. The van der Waals surface area contributed by atoms with Crippen LogP contribution >= 0.6 is 11.6 Å². The van der Waals surface area contributed by atoms with Crippen molar-refractivity contribution < 1.29 is 9.47 Å². The molecular formula is C13H16ClN5O2. The average molecular weight is 310 g/mol. The molecule has 0 amide bonds. The Labute approximate surface area is 127 Å². The second-order valence-corrected chi connectivity index (χ2v) is 4.55. The molecule has 2 aromatic rings. The molecule has 2 rings (SSSR count). The third-order valence-corrected chi connectivity index (χ3v) is 3.06. The molecule has 1 N–H and O–H groups in total. The molecule has 0 aliphatic carbocycles. The van der Waals surface area contributed by atoms with Crippen molar-refractivity contribution in [1.29, 1.82) is 0 Å². The Morgan fingerprint density at radius 3 is 2.86 bits per heavy atom. The monoisotopic (exact) mass is 309 g/mol. The lowest BCUT2D eigenvalue weighted by molar-refractivity contribution is 0.355. The van der Waals surface area contributed by atoms with Gasteiger partial charge in [0.15, 0.2) is 11.5 Å². The number of allylic oxidation sites excluding steroid dienone is 1. The minimum absolute atomic E-state index is 0.485. The van der Waals surface area contributed by atoms with Crippen molar-refractivity contribution in [3.8, 4) is 11.5 Å². The number of halogens is 1. The van der Waals surface area contributed by atoms with E-state index in [0.29, 0.717) is 35.6 Å². The van der Waals surface area contributed by atoms with E-state index in [4.69, 9.17) is 21.1 Å². The minimum atomic E-state index is 0.485. The van der Waals surface area contributed by atoms with Crippen LogP contribution in [0.1, 0.15) is 5.56 Å². The van der Waals surface area contributed by atoms with Crippen LogP contribution in [0.2, 0.25) is 5.02 Å². The number of ether oxygens (including phenoxy) is 2. The van der Waals surface area contributed by atoms with Gasteiger partial charge in [0.25, 0.3) is 0 Å². The van der Waals surface area contributed by atoms with E-state index >= 15 is 0 Å². The van der Waals surface area contributed by atoms with Crippen LogP contribution in [0.3, 0.4) is 0 Å². The number of rotatable bonds is 7. The maximum Gasteiger partial charge on any atom is 0.243 e. The number of anilines is 1. The molecule has 0 spiro atoms. The van der Waals surface area contributed by atoms with Gasteiger partial charge in [-0.1, -0.05) is 22.8 Å². The topological polar surface area (TPSA) is 74.1 Å². The Bertz CT molecular complexity index is 629. The number of tetrazole rings is 1. The average Bonchev–Trinajstić information content (AvgIpc) is 2.92. The molecule has 1 heterocycles. The smallest absolute Gasteiger partial charge is 0.243 e. The molecule has 0 saturated heterocycles. The first kappa shape index (κ1) is 15.1. The van der Waals surface area contributed by atoms with Gasteiger partial charge in [-0.2, -0.15) is 0 Å². The van der Waals surface area contributed by atoms with Gasteiger partial charge in [0.05, 0.1) is 25.8 Å². The fraction of sp³-hybridized carbons (Fsp3) is 0.308. The number of aromatic nitrogens is 4. The van der Waals surface area contributed by atoms with Crippen LogP contribution in [0, 0.1) is 0 Å². The number of benzene rings is 1. The molecule has 0 saturated carbocycles. The molecule has 0 aliphatic heterocycles. The predicted molar refractivity (Wildman–Crippen MR) is 79.9 cm³/mol. The molecule has 0 unspecified atom stereocenters. The summed E-state index contributed by atoms with van der Waals surface area (Å²) in [7, 11) is 3.11. The SMILES string of the molecule is C=CCn1nnnc1NCc1cc(Cl)c(OC)c(OC)c1. The van der Waals surface area contributed by atoms with E-state index in [1.165, 1.54) is 0 Å². The first-order chi connectivity index (χ1) is 10.2. The molecule has 0 atom stereocenters. The summed E-state index contributed by atoms with van der Waals surface area (Å²) in [5.74, 6) is 1.65. The van der Waals surface area contributed by atoms with Gasteiger partial charge >= 0.3 is 0 Å². The van der Waals surface area contributed by atoms with E-state index in [0.717, 1.165) is 5.56 Å². The molecule has 1 aromatic heterocycles.